The van der Waals surface area contributed by atoms with Crippen LogP contribution in [0.1, 0.15) is 52.9 Å². The molecule has 0 heterocycles. The van der Waals surface area contributed by atoms with Gasteiger partial charge in [0.25, 0.3) is 0 Å². The average molecular weight is 182 g/mol. The van der Waals surface area contributed by atoms with Crippen molar-refractivity contribution in [3.8, 4) is 0 Å². The summed E-state index contributed by atoms with van der Waals surface area (Å²) in [5.74, 6) is 2.24. The highest BCUT2D eigenvalue weighted by atomic mass is 16.1. The number of rotatable bonds is 4. The molecule has 0 spiro atoms. The third kappa shape index (κ3) is 2.32. The Morgan fingerprint density at radius 2 is 2.00 bits per heavy atom. The van der Waals surface area contributed by atoms with Crippen molar-refractivity contribution < 1.29 is 4.79 Å². The van der Waals surface area contributed by atoms with E-state index in [0.29, 0.717) is 23.5 Å². The normalized spacial score (nSPS) is 33.6. The van der Waals surface area contributed by atoms with E-state index in [1.807, 2.05) is 6.92 Å². The number of carbonyl (C=O) groups is 1. The molecular formula is C12H22O. The van der Waals surface area contributed by atoms with Gasteiger partial charge in [-0.1, -0.05) is 33.6 Å². The van der Waals surface area contributed by atoms with Crippen LogP contribution in [0.3, 0.4) is 0 Å². The fourth-order valence-electron chi connectivity index (χ4n) is 2.81. The molecule has 76 valence electrons. The second kappa shape index (κ2) is 4.78. The van der Waals surface area contributed by atoms with Gasteiger partial charge in [0.1, 0.15) is 5.78 Å². The summed E-state index contributed by atoms with van der Waals surface area (Å²) in [5.41, 5.74) is 0. The van der Waals surface area contributed by atoms with Gasteiger partial charge in [0.2, 0.25) is 0 Å². The van der Waals surface area contributed by atoms with Crippen molar-refractivity contribution in [2.24, 2.45) is 17.8 Å². The summed E-state index contributed by atoms with van der Waals surface area (Å²) in [4.78, 5) is 11.7. The molecule has 0 N–H and O–H groups in total. The van der Waals surface area contributed by atoms with Gasteiger partial charge in [0.05, 0.1) is 0 Å². The van der Waals surface area contributed by atoms with Crippen LogP contribution in [0.25, 0.3) is 0 Å². The van der Waals surface area contributed by atoms with Crippen LogP contribution in [0, 0.1) is 17.8 Å². The second-order valence-corrected chi connectivity index (χ2v) is 4.45. The molecule has 1 fully saturated rings. The molecule has 1 rings (SSSR count). The summed E-state index contributed by atoms with van der Waals surface area (Å²) >= 11 is 0. The fraction of sp³-hybridized carbons (Fsp3) is 0.917. The van der Waals surface area contributed by atoms with E-state index in [-0.39, 0.29) is 0 Å². The van der Waals surface area contributed by atoms with E-state index in [1.54, 1.807) is 0 Å². The first-order chi connectivity index (χ1) is 6.20. The van der Waals surface area contributed by atoms with Gasteiger partial charge in [-0.2, -0.15) is 0 Å². The Morgan fingerprint density at radius 3 is 2.54 bits per heavy atom. The third-order valence-electron chi connectivity index (χ3n) is 3.49. The highest BCUT2D eigenvalue weighted by molar-refractivity contribution is 5.81. The number of hydrogen-bond acceptors (Lipinski definition) is 1. The molecule has 0 amide bonds. The van der Waals surface area contributed by atoms with Crippen molar-refractivity contribution in [2.45, 2.75) is 52.9 Å². The Labute approximate surface area is 81.9 Å². The number of hydrogen-bond donors (Lipinski definition) is 0. The van der Waals surface area contributed by atoms with Crippen LogP contribution in [0.5, 0.6) is 0 Å². The lowest BCUT2D eigenvalue weighted by Gasteiger charge is -2.20. The highest BCUT2D eigenvalue weighted by Crippen LogP contribution is 2.40. The minimum Gasteiger partial charge on any atom is -0.299 e. The molecule has 0 saturated heterocycles. The first kappa shape index (κ1) is 10.7. The van der Waals surface area contributed by atoms with Crippen molar-refractivity contribution in [3.63, 3.8) is 0 Å². The van der Waals surface area contributed by atoms with E-state index in [0.717, 1.165) is 6.42 Å². The summed E-state index contributed by atoms with van der Waals surface area (Å²) in [7, 11) is 0. The first-order valence-electron chi connectivity index (χ1n) is 5.73. The molecule has 3 unspecified atom stereocenters. The van der Waals surface area contributed by atoms with Crippen LogP contribution in [0.2, 0.25) is 0 Å². The Hall–Kier alpha value is -0.330. The van der Waals surface area contributed by atoms with Crippen LogP contribution < -0.4 is 0 Å². The molecule has 1 aliphatic carbocycles. The van der Waals surface area contributed by atoms with Crippen LogP contribution in [-0.2, 0) is 4.79 Å². The summed E-state index contributed by atoms with van der Waals surface area (Å²) in [6, 6.07) is 0. The van der Waals surface area contributed by atoms with Gasteiger partial charge < -0.3 is 0 Å². The summed E-state index contributed by atoms with van der Waals surface area (Å²) < 4.78 is 0. The molecule has 0 aliphatic heterocycles. The largest absolute Gasteiger partial charge is 0.299 e. The Balaban J connectivity index is 2.59. The summed E-state index contributed by atoms with van der Waals surface area (Å²) in [6.07, 6.45) is 5.76. The number of Topliss-reactive ketones (excluding diaryl/α,β-unsaturated/α-hetero) is 1. The van der Waals surface area contributed by atoms with E-state index in [1.165, 1.54) is 25.7 Å². The molecule has 1 aliphatic rings. The highest BCUT2D eigenvalue weighted by Gasteiger charge is 2.36. The number of carbonyl (C=O) groups excluding carboxylic acids is 1. The fourth-order valence-corrected chi connectivity index (χ4v) is 2.81. The lowest BCUT2D eigenvalue weighted by molar-refractivity contribution is -0.124. The van der Waals surface area contributed by atoms with Gasteiger partial charge in [0.15, 0.2) is 0 Å². The van der Waals surface area contributed by atoms with Crippen molar-refractivity contribution in [2.75, 3.05) is 0 Å². The zero-order valence-electron chi connectivity index (χ0n) is 9.18. The molecule has 1 heteroatoms. The Kier molecular flexibility index (Phi) is 3.95. The quantitative estimate of drug-likeness (QED) is 0.651. The molecule has 0 aromatic rings. The average Bonchev–Trinajstić information content (AvgIpc) is 2.47. The van der Waals surface area contributed by atoms with Gasteiger partial charge in [-0.15, -0.1) is 0 Å². The standard InChI is InChI=1S/C12H22O/c1-4-6-10-8-7-9(3)12(10)11(13)5-2/h9-10,12H,4-8H2,1-3H3. The zero-order chi connectivity index (χ0) is 9.84. The molecule has 3 atom stereocenters. The van der Waals surface area contributed by atoms with Gasteiger partial charge >= 0.3 is 0 Å². The second-order valence-electron chi connectivity index (χ2n) is 4.45. The molecule has 0 radical (unpaired) electrons. The van der Waals surface area contributed by atoms with Gasteiger partial charge in [-0.05, 0) is 24.7 Å². The summed E-state index contributed by atoms with van der Waals surface area (Å²) in [5, 5.41) is 0. The number of ketones is 1. The molecule has 0 aromatic heterocycles. The molecular weight excluding hydrogens is 160 g/mol. The van der Waals surface area contributed by atoms with Gasteiger partial charge in [0, 0.05) is 12.3 Å². The maximum atomic E-state index is 11.7. The maximum absolute atomic E-state index is 11.7. The van der Waals surface area contributed by atoms with E-state index >= 15 is 0 Å². The summed E-state index contributed by atoms with van der Waals surface area (Å²) in [6.45, 7) is 6.46. The smallest absolute Gasteiger partial charge is 0.136 e. The van der Waals surface area contributed by atoms with Crippen molar-refractivity contribution in [1.82, 2.24) is 0 Å². The van der Waals surface area contributed by atoms with Crippen LogP contribution in [-0.4, -0.2) is 5.78 Å². The SMILES string of the molecule is CCCC1CCC(C)C1C(=O)CC. The van der Waals surface area contributed by atoms with Gasteiger partial charge in [-0.25, -0.2) is 0 Å². The van der Waals surface area contributed by atoms with Crippen LogP contribution in [0.15, 0.2) is 0 Å². The lowest BCUT2D eigenvalue weighted by atomic mass is 9.83. The van der Waals surface area contributed by atoms with E-state index < -0.39 is 0 Å². The van der Waals surface area contributed by atoms with Crippen molar-refractivity contribution in [1.29, 1.82) is 0 Å². The maximum Gasteiger partial charge on any atom is 0.136 e. The zero-order valence-corrected chi connectivity index (χ0v) is 9.18. The minimum atomic E-state index is 0.393. The molecule has 1 saturated carbocycles. The van der Waals surface area contributed by atoms with E-state index in [4.69, 9.17) is 0 Å². The van der Waals surface area contributed by atoms with E-state index in [2.05, 4.69) is 13.8 Å². The monoisotopic (exact) mass is 182 g/mol. The van der Waals surface area contributed by atoms with Crippen LogP contribution >= 0.6 is 0 Å². The van der Waals surface area contributed by atoms with Crippen molar-refractivity contribution >= 4 is 5.78 Å². The van der Waals surface area contributed by atoms with Gasteiger partial charge in [-0.3, -0.25) is 4.79 Å². The molecule has 1 nitrogen and oxygen atoms in total. The third-order valence-corrected chi connectivity index (χ3v) is 3.49. The predicted molar refractivity (Wildman–Crippen MR) is 55.6 cm³/mol. The minimum absolute atomic E-state index is 0.393. The van der Waals surface area contributed by atoms with E-state index in [9.17, 15) is 4.79 Å². The molecule has 13 heavy (non-hydrogen) atoms. The molecule has 0 aromatic carbocycles. The Morgan fingerprint density at radius 1 is 1.31 bits per heavy atom. The van der Waals surface area contributed by atoms with Crippen molar-refractivity contribution in [3.05, 3.63) is 0 Å². The molecule has 0 bridgehead atoms. The predicted octanol–water partition coefficient (Wildman–Crippen LogP) is 3.43. The lowest BCUT2D eigenvalue weighted by Crippen LogP contribution is -2.22. The Bertz CT molecular complexity index is 172. The topological polar surface area (TPSA) is 17.1 Å². The van der Waals surface area contributed by atoms with Crippen LogP contribution in [0.4, 0.5) is 0 Å². The first-order valence-corrected chi connectivity index (χ1v) is 5.73.